The summed E-state index contributed by atoms with van der Waals surface area (Å²) in [6.45, 7) is 3.45. The van der Waals surface area contributed by atoms with E-state index in [9.17, 15) is 4.79 Å². The Balaban J connectivity index is 2.00. The average Bonchev–Trinajstić information content (AvgIpc) is 3.09. The molecule has 2 aliphatic rings. The molecule has 1 amide bonds. The van der Waals surface area contributed by atoms with Gasteiger partial charge in [-0.2, -0.15) is 5.26 Å². The van der Waals surface area contributed by atoms with Crippen LogP contribution in [0.15, 0.2) is 0 Å². The van der Waals surface area contributed by atoms with Crippen molar-refractivity contribution in [3.8, 4) is 6.07 Å². The first-order valence-corrected chi connectivity index (χ1v) is 6.61. The first-order valence-electron chi connectivity index (χ1n) is 6.61. The number of hydrogen-bond acceptors (Lipinski definition) is 4. The van der Waals surface area contributed by atoms with Crippen LogP contribution in [0.3, 0.4) is 0 Å². The summed E-state index contributed by atoms with van der Waals surface area (Å²) in [7, 11) is 3.61. The van der Waals surface area contributed by atoms with Gasteiger partial charge < -0.3 is 10.2 Å². The minimum Gasteiger partial charge on any atom is -0.347 e. The van der Waals surface area contributed by atoms with E-state index in [0.29, 0.717) is 6.42 Å². The molecule has 1 unspecified atom stereocenters. The van der Waals surface area contributed by atoms with Gasteiger partial charge >= 0.3 is 0 Å². The summed E-state index contributed by atoms with van der Waals surface area (Å²) >= 11 is 0. The molecule has 1 atom stereocenters. The second-order valence-electron chi connectivity index (χ2n) is 5.76. The minimum absolute atomic E-state index is 0.0649. The molecule has 18 heavy (non-hydrogen) atoms. The zero-order chi connectivity index (χ0) is 13.2. The zero-order valence-electron chi connectivity index (χ0n) is 11.3. The second-order valence-corrected chi connectivity index (χ2v) is 5.76. The molecule has 1 saturated heterocycles. The van der Waals surface area contributed by atoms with E-state index in [1.54, 1.807) is 19.0 Å². The Morgan fingerprint density at radius 3 is 2.83 bits per heavy atom. The van der Waals surface area contributed by atoms with Gasteiger partial charge in [0.1, 0.15) is 6.04 Å². The summed E-state index contributed by atoms with van der Waals surface area (Å²) in [5.74, 6) is 0.162. The largest absolute Gasteiger partial charge is 0.347 e. The van der Waals surface area contributed by atoms with Gasteiger partial charge in [-0.3, -0.25) is 9.69 Å². The third kappa shape index (κ3) is 2.82. The first-order chi connectivity index (χ1) is 8.58. The summed E-state index contributed by atoms with van der Waals surface area (Å²) in [6, 6.07) is 2.22. The molecule has 1 heterocycles. The van der Waals surface area contributed by atoms with Crippen LogP contribution in [0.1, 0.15) is 19.3 Å². The van der Waals surface area contributed by atoms with Crippen LogP contribution in [0.5, 0.6) is 0 Å². The van der Waals surface area contributed by atoms with Crippen LogP contribution in [0.25, 0.3) is 0 Å². The molecule has 0 aromatic rings. The summed E-state index contributed by atoms with van der Waals surface area (Å²) in [5, 5.41) is 12.2. The molecule has 0 spiro atoms. The summed E-state index contributed by atoms with van der Waals surface area (Å²) in [4.78, 5) is 16.1. The SMILES string of the molecule is CN(C)C(=O)C1CNCCN1CC1(CC#N)CC1. The number of rotatable bonds is 4. The van der Waals surface area contributed by atoms with E-state index in [4.69, 9.17) is 5.26 Å². The Bertz CT molecular complexity index is 356. The number of amides is 1. The fourth-order valence-corrected chi connectivity index (χ4v) is 2.64. The maximum Gasteiger partial charge on any atom is 0.240 e. The Labute approximate surface area is 109 Å². The highest BCUT2D eigenvalue weighted by molar-refractivity contribution is 5.81. The van der Waals surface area contributed by atoms with Gasteiger partial charge in [0.25, 0.3) is 0 Å². The van der Waals surface area contributed by atoms with Crippen molar-refractivity contribution in [3.63, 3.8) is 0 Å². The molecule has 5 nitrogen and oxygen atoms in total. The summed E-state index contributed by atoms with van der Waals surface area (Å²) < 4.78 is 0. The van der Waals surface area contributed by atoms with Crippen molar-refractivity contribution >= 4 is 5.91 Å². The van der Waals surface area contributed by atoms with Gasteiger partial charge in [0, 0.05) is 46.7 Å². The summed E-state index contributed by atoms with van der Waals surface area (Å²) in [5.41, 5.74) is 0.178. The average molecular weight is 250 g/mol. The minimum atomic E-state index is -0.0649. The first kappa shape index (κ1) is 13.3. The van der Waals surface area contributed by atoms with E-state index in [1.165, 1.54) is 0 Å². The topological polar surface area (TPSA) is 59.4 Å². The molecule has 1 aliphatic carbocycles. The number of carbonyl (C=O) groups is 1. The van der Waals surface area contributed by atoms with E-state index in [0.717, 1.165) is 39.0 Å². The van der Waals surface area contributed by atoms with E-state index in [-0.39, 0.29) is 17.4 Å². The molecule has 100 valence electrons. The lowest BCUT2D eigenvalue weighted by molar-refractivity contribution is -0.135. The molecule has 1 aliphatic heterocycles. The molecule has 2 fully saturated rings. The standard InChI is InChI=1S/C13H22N4O/c1-16(2)12(18)11-9-15-7-8-17(11)10-13(3-4-13)5-6-14/h11,15H,3-5,7-10H2,1-2H3. The lowest BCUT2D eigenvalue weighted by Gasteiger charge is -2.38. The number of nitriles is 1. The third-order valence-electron chi connectivity index (χ3n) is 4.03. The Kier molecular flexibility index (Phi) is 3.88. The van der Waals surface area contributed by atoms with Gasteiger partial charge in [-0.15, -0.1) is 0 Å². The van der Waals surface area contributed by atoms with Gasteiger partial charge in [-0.25, -0.2) is 0 Å². The van der Waals surface area contributed by atoms with Crippen LogP contribution in [-0.2, 0) is 4.79 Å². The second kappa shape index (κ2) is 5.25. The molecule has 0 bridgehead atoms. The van der Waals surface area contributed by atoms with Crippen LogP contribution in [0.4, 0.5) is 0 Å². The predicted molar refractivity (Wildman–Crippen MR) is 68.8 cm³/mol. The zero-order valence-corrected chi connectivity index (χ0v) is 11.3. The predicted octanol–water partition coefficient (Wildman–Crippen LogP) is 0.0423. The molecule has 1 saturated carbocycles. The summed E-state index contributed by atoms with van der Waals surface area (Å²) in [6.07, 6.45) is 2.89. The third-order valence-corrected chi connectivity index (χ3v) is 4.03. The van der Waals surface area contributed by atoms with Crippen molar-refractivity contribution in [1.82, 2.24) is 15.1 Å². The normalized spacial score (nSPS) is 26.4. The van der Waals surface area contributed by atoms with Gasteiger partial charge in [-0.1, -0.05) is 0 Å². The van der Waals surface area contributed by atoms with Crippen LogP contribution in [0, 0.1) is 16.7 Å². The van der Waals surface area contributed by atoms with Crippen molar-refractivity contribution in [2.24, 2.45) is 5.41 Å². The van der Waals surface area contributed by atoms with Crippen molar-refractivity contribution in [3.05, 3.63) is 0 Å². The quantitative estimate of drug-likeness (QED) is 0.765. The van der Waals surface area contributed by atoms with Crippen LogP contribution in [0.2, 0.25) is 0 Å². The Hall–Kier alpha value is -1.12. The van der Waals surface area contributed by atoms with Gasteiger partial charge in [0.2, 0.25) is 5.91 Å². The van der Waals surface area contributed by atoms with Crippen molar-refractivity contribution in [2.45, 2.75) is 25.3 Å². The van der Waals surface area contributed by atoms with Crippen LogP contribution in [-0.4, -0.2) is 62.0 Å². The Morgan fingerprint density at radius 1 is 1.56 bits per heavy atom. The number of likely N-dealkylation sites (N-methyl/N-ethyl adjacent to an activating group) is 1. The number of hydrogen-bond donors (Lipinski definition) is 1. The van der Waals surface area contributed by atoms with E-state index in [1.807, 2.05) is 0 Å². The van der Waals surface area contributed by atoms with E-state index < -0.39 is 0 Å². The fraction of sp³-hybridized carbons (Fsp3) is 0.846. The smallest absolute Gasteiger partial charge is 0.240 e. The lowest BCUT2D eigenvalue weighted by Crippen LogP contribution is -2.58. The van der Waals surface area contributed by atoms with Crippen LogP contribution >= 0.6 is 0 Å². The molecular weight excluding hydrogens is 228 g/mol. The highest BCUT2D eigenvalue weighted by atomic mass is 16.2. The number of carbonyl (C=O) groups excluding carboxylic acids is 1. The van der Waals surface area contributed by atoms with Gasteiger partial charge in [-0.05, 0) is 18.3 Å². The highest BCUT2D eigenvalue weighted by Gasteiger charge is 2.45. The van der Waals surface area contributed by atoms with Gasteiger partial charge in [0.15, 0.2) is 0 Å². The van der Waals surface area contributed by atoms with Crippen molar-refractivity contribution < 1.29 is 4.79 Å². The molecule has 5 heteroatoms. The van der Waals surface area contributed by atoms with E-state index in [2.05, 4.69) is 16.3 Å². The fourth-order valence-electron chi connectivity index (χ4n) is 2.64. The molecular formula is C13H22N4O. The highest BCUT2D eigenvalue weighted by Crippen LogP contribution is 2.49. The number of nitrogens with zero attached hydrogens (tertiary/aromatic N) is 3. The molecule has 0 aromatic heterocycles. The van der Waals surface area contributed by atoms with Gasteiger partial charge in [0.05, 0.1) is 6.07 Å². The maximum absolute atomic E-state index is 12.2. The Morgan fingerprint density at radius 2 is 2.28 bits per heavy atom. The lowest BCUT2D eigenvalue weighted by atomic mass is 10.0. The molecule has 0 radical (unpaired) electrons. The van der Waals surface area contributed by atoms with Crippen molar-refractivity contribution in [2.75, 3.05) is 40.3 Å². The molecule has 0 aromatic carbocycles. The monoisotopic (exact) mass is 250 g/mol. The molecule has 2 rings (SSSR count). The van der Waals surface area contributed by atoms with Crippen molar-refractivity contribution in [1.29, 1.82) is 5.26 Å². The maximum atomic E-state index is 12.2. The number of piperazine rings is 1. The van der Waals surface area contributed by atoms with E-state index >= 15 is 0 Å². The number of nitrogens with one attached hydrogen (secondary N) is 1. The van der Waals surface area contributed by atoms with Crippen LogP contribution < -0.4 is 5.32 Å². The molecule has 1 N–H and O–H groups in total.